The number of para-hydroxylation sites is 1. The molecule has 0 aliphatic carbocycles. The van der Waals surface area contributed by atoms with Gasteiger partial charge in [0.05, 0.1) is 19.8 Å². The molecule has 0 saturated heterocycles. The molecule has 2 aromatic carbocycles. The number of aromatic nitrogens is 3. The second kappa shape index (κ2) is 8.77. The van der Waals surface area contributed by atoms with Crippen LogP contribution in [-0.2, 0) is 11.8 Å². The third kappa shape index (κ3) is 3.61. The van der Waals surface area contributed by atoms with Crippen molar-refractivity contribution in [3.05, 3.63) is 76.3 Å². The van der Waals surface area contributed by atoms with Crippen LogP contribution >= 0.6 is 0 Å². The van der Waals surface area contributed by atoms with Crippen molar-refractivity contribution in [3.8, 4) is 45.6 Å². The molecule has 3 aromatic heterocycles. The fourth-order valence-electron chi connectivity index (χ4n) is 4.38. The summed E-state index contributed by atoms with van der Waals surface area (Å²) in [6, 6.07) is 15.9. The molecule has 0 fully saturated rings. The fourth-order valence-corrected chi connectivity index (χ4v) is 4.38. The second-order valence-electron chi connectivity index (χ2n) is 8.23. The number of imidazole rings is 1. The van der Waals surface area contributed by atoms with Crippen molar-refractivity contribution in [3.63, 3.8) is 0 Å². The van der Waals surface area contributed by atoms with Gasteiger partial charge in [-0.05, 0) is 25.1 Å². The Labute approximate surface area is 205 Å². The van der Waals surface area contributed by atoms with E-state index >= 15 is 0 Å². The summed E-state index contributed by atoms with van der Waals surface area (Å²) < 4.78 is 18.0. The average Bonchev–Trinajstić information content (AvgIpc) is 3.45. The Hall–Kier alpha value is -4.79. The quantitative estimate of drug-likeness (QED) is 0.347. The number of rotatable bonds is 5. The van der Waals surface area contributed by atoms with E-state index in [1.807, 2.05) is 30.3 Å². The van der Waals surface area contributed by atoms with Crippen molar-refractivity contribution in [1.29, 1.82) is 0 Å². The molecule has 0 atom stereocenters. The van der Waals surface area contributed by atoms with Gasteiger partial charge in [0.1, 0.15) is 34.4 Å². The highest BCUT2D eigenvalue weighted by atomic mass is 16.5. The number of H-pyrrole nitrogens is 1. The zero-order chi connectivity index (χ0) is 25.6. The van der Waals surface area contributed by atoms with Gasteiger partial charge in [0, 0.05) is 29.6 Å². The van der Waals surface area contributed by atoms with Crippen molar-refractivity contribution >= 4 is 16.9 Å². The van der Waals surface area contributed by atoms with Gasteiger partial charge < -0.3 is 28.5 Å². The minimum absolute atomic E-state index is 0.0589. The molecular formula is C27H23N3O6. The summed E-state index contributed by atoms with van der Waals surface area (Å²) in [4.78, 5) is 33.3. The zero-order valence-electron chi connectivity index (χ0n) is 20.1. The highest BCUT2D eigenvalue weighted by molar-refractivity contribution is 6.08. The lowest BCUT2D eigenvalue weighted by atomic mass is 10.1. The summed E-state index contributed by atoms with van der Waals surface area (Å²) in [6.45, 7) is 1.62. The smallest absolute Gasteiger partial charge is 0.355 e. The van der Waals surface area contributed by atoms with Crippen molar-refractivity contribution in [2.75, 3.05) is 14.2 Å². The molecule has 0 saturated carbocycles. The van der Waals surface area contributed by atoms with E-state index in [1.165, 1.54) is 13.2 Å². The Bertz CT molecular complexity index is 1690. The number of carbonyl (C=O) groups is 1. The molecule has 3 heterocycles. The first kappa shape index (κ1) is 23.0. The molecule has 0 radical (unpaired) electrons. The van der Waals surface area contributed by atoms with Crippen LogP contribution in [0.2, 0.25) is 0 Å². The normalized spacial score (nSPS) is 11.1. The summed E-state index contributed by atoms with van der Waals surface area (Å²) in [5.74, 6) is 0.111. The highest BCUT2D eigenvalue weighted by Crippen LogP contribution is 2.40. The summed E-state index contributed by atoms with van der Waals surface area (Å²) >= 11 is 0. The van der Waals surface area contributed by atoms with Crippen LogP contribution in [0.5, 0.6) is 11.5 Å². The number of aromatic amines is 1. The maximum absolute atomic E-state index is 12.9. The van der Waals surface area contributed by atoms with E-state index in [2.05, 4.69) is 4.98 Å². The van der Waals surface area contributed by atoms with Crippen LogP contribution in [0.4, 0.5) is 0 Å². The van der Waals surface area contributed by atoms with E-state index in [0.717, 1.165) is 10.9 Å². The first-order valence-corrected chi connectivity index (χ1v) is 11.1. The first-order chi connectivity index (χ1) is 17.3. The number of hydrogen-bond acceptors (Lipinski definition) is 7. The number of aryl methyl sites for hydroxylation is 2. The van der Waals surface area contributed by atoms with Crippen LogP contribution in [-0.4, -0.2) is 39.8 Å². The average molecular weight is 485 g/mol. The van der Waals surface area contributed by atoms with Crippen molar-refractivity contribution in [2.45, 2.75) is 6.92 Å². The van der Waals surface area contributed by atoms with Gasteiger partial charge >= 0.3 is 5.97 Å². The number of nitrogens with zero attached hydrogens (tertiary/aromatic N) is 2. The molecule has 2 N–H and O–H groups in total. The number of benzene rings is 2. The van der Waals surface area contributed by atoms with Crippen LogP contribution in [0.1, 0.15) is 16.2 Å². The van der Waals surface area contributed by atoms with Crippen molar-refractivity contribution in [1.82, 2.24) is 14.5 Å². The van der Waals surface area contributed by atoms with Gasteiger partial charge in [-0.1, -0.05) is 30.3 Å². The van der Waals surface area contributed by atoms with Gasteiger partial charge in [-0.15, -0.1) is 0 Å². The van der Waals surface area contributed by atoms with Crippen LogP contribution < -0.4 is 10.2 Å². The van der Waals surface area contributed by atoms with E-state index in [9.17, 15) is 14.7 Å². The predicted octanol–water partition coefficient (Wildman–Crippen LogP) is 4.66. The van der Waals surface area contributed by atoms with Gasteiger partial charge in [-0.2, -0.15) is 0 Å². The zero-order valence-corrected chi connectivity index (χ0v) is 20.1. The van der Waals surface area contributed by atoms with Crippen LogP contribution in [0.15, 0.2) is 63.8 Å². The first-order valence-electron chi connectivity index (χ1n) is 11.1. The second-order valence-corrected chi connectivity index (χ2v) is 8.23. The summed E-state index contributed by atoms with van der Waals surface area (Å²) in [7, 11) is 4.65. The molecule has 5 aromatic rings. The van der Waals surface area contributed by atoms with Crippen LogP contribution in [0.3, 0.4) is 0 Å². The summed E-state index contributed by atoms with van der Waals surface area (Å²) in [5, 5.41) is 11.4. The molecule has 36 heavy (non-hydrogen) atoms. The van der Waals surface area contributed by atoms with Gasteiger partial charge in [-0.3, -0.25) is 4.79 Å². The van der Waals surface area contributed by atoms with Crippen molar-refractivity contribution in [2.24, 2.45) is 7.05 Å². The lowest BCUT2D eigenvalue weighted by molar-refractivity contribution is 0.0591. The Kier molecular flexibility index (Phi) is 5.60. The third-order valence-electron chi connectivity index (χ3n) is 6.04. The molecule has 0 unspecified atom stereocenters. The number of aromatic hydroxyl groups is 1. The molecule has 0 spiro atoms. The monoisotopic (exact) mass is 485 g/mol. The number of ether oxygens (including phenoxy) is 2. The number of hydrogen-bond donors (Lipinski definition) is 2. The molecule has 182 valence electrons. The Balaban J connectivity index is 1.87. The molecule has 9 nitrogen and oxygen atoms in total. The molecule has 0 bridgehead atoms. The summed E-state index contributed by atoms with van der Waals surface area (Å²) in [6.07, 6.45) is 0. The molecule has 9 heteroatoms. The van der Waals surface area contributed by atoms with Crippen molar-refractivity contribution < 1.29 is 23.8 Å². The number of carbonyl (C=O) groups excluding carboxylic acids is 1. The standard InChI is InChI=1S/C27H23N3O6/c1-14-12-19(31)24(32)25(36-14)22-21(15-8-7-9-16(13-15)34-3)28-26(29-22)20-17-10-5-6-11-18(17)30(2)23(20)27(33)35-4/h5-13,32H,1-4H3,(H,28,29). The van der Waals surface area contributed by atoms with Gasteiger partial charge in [0.15, 0.2) is 5.76 Å². The van der Waals surface area contributed by atoms with Gasteiger partial charge in [-0.25, -0.2) is 9.78 Å². The lowest BCUT2D eigenvalue weighted by Gasteiger charge is -2.06. The SMILES string of the molecule is COC(=O)c1c(-c2nc(-c3cccc(OC)c3)c(-c3oc(C)cc(=O)c3O)[nH]2)c2ccccc2n1C. The minimum atomic E-state index is -0.582. The topological polar surface area (TPSA) is 120 Å². The van der Waals surface area contributed by atoms with Gasteiger partial charge in [0.25, 0.3) is 0 Å². The number of methoxy groups -OCH3 is 2. The number of esters is 1. The van der Waals surface area contributed by atoms with Crippen LogP contribution in [0.25, 0.3) is 45.0 Å². The molecule has 0 aliphatic rings. The van der Waals surface area contributed by atoms with Gasteiger partial charge in [0.2, 0.25) is 11.2 Å². The lowest BCUT2D eigenvalue weighted by Crippen LogP contribution is -2.09. The maximum atomic E-state index is 12.9. The van der Waals surface area contributed by atoms with E-state index in [4.69, 9.17) is 18.9 Å². The molecule has 5 rings (SSSR count). The Morgan fingerprint density at radius 1 is 1.11 bits per heavy atom. The van der Waals surface area contributed by atoms with E-state index in [0.29, 0.717) is 39.8 Å². The Morgan fingerprint density at radius 3 is 2.64 bits per heavy atom. The molecular weight excluding hydrogens is 462 g/mol. The highest BCUT2D eigenvalue weighted by Gasteiger charge is 2.28. The predicted molar refractivity (Wildman–Crippen MR) is 134 cm³/mol. The third-order valence-corrected chi connectivity index (χ3v) is 6.04. The number of fused-ring (bicyclic) bond motifs is 1. The van der Waals surface area contributed by atoms with E-state index < -0.39 is 17.1 Å². The van der Waals surface area contributed by atoms with E-state index in [-0.39, 0.29) is 11.5 Å². The maximum Gasteiger partial charge on any atom is 0.355 e. The number of nitrogens with one attached hydrogen (secondary N) is 1. The summed E-state index contributed by atoms with van der Waals surface area (Å²) in [5.41, 5.74) is 2.36. The largest absolute Gasteiger partial charge is 0.501 e. The molecule has 0 aliphatic heterocycles. The fraction of sp³-hybridized carbons (Fsp3) is 0.148. The van der Waals surface area contributed by atoms with E-state index in [1.54, 1.807) is 43.8 Å². The molecule has 0 amide bonds. The Morgan fingerprint density at radius 2 is 1.89 bits per heavy atom. The minimum Gasteiger partial charge on any atom is -0.501 e. The van der Waals surface area contributed by atoms with Crippen LogP contribution in [0, 0.1) is 6.92 Å².